The molecule has 2 aliphatic rings. The molecule has 2 N–H and O–H groups in total. The average molecular weight is 545 g/mol. The van der Waals surface area contributed by atoms with Crippen molar-refractivity contribution in [1.82, 2.24) is 29.7 Å². The monoisotopic (exact) mass is 544 g/mol. The van der Waals surface area contributed by atoms with Crippen LogP contribution in [-0.2, 0) is 6.54 Å². The summed E-state index contributed by atoms with van der Waals surface area (Å²) in [6.07, 6.45) is 5.87. The van der Waals surface area contributed by atoms with Crippen molar-refractivity contribution in [2.45, 2.75) is 39.3 Å². The van der Waals surface area contributed by atoms with Gasteiger partial charge in [-0.25, -0.2) is 9.97 Å². The van der Waals surface area contributed by atoms with Crippen LogP contribution >= 0.6 is 11.6 Å². The molecule has 0 unspecified atom stereocenters. The van der Waals surface area contributed by atoms with Crippen LogP contribution < -0.4 is 10.2 Å². The first kappa shape index (κ1) is 26.0. The highest BCUT2D eigenvalue weighted by Gasteiger charge is 2.22. The van der Waals surface area contributed by atoms with Crippen LogP contribution in [0.3, 0.4) is 0 Å². The third kappa shape index (κ3) is 5.88. The summed E-state index contributed by atoms with van der Waals surface area (Å²) in [7, 11) is 0. The number of hydrogen-bond acceptors (Lipinski definition) is 7. The highest BCUT2D eigenvalue weighted by molar-refractivity contribution is 6.34. The third-order valence-corrected chi connectivity index (χ3v) is 8.37. The van der Waals surface area contributed by atoms with E-state index in [9.17, 15) is 0 Å². The van der Waals surface area contributed by atoms with E-state index in [1.807, 2.05) is 6.20 Å². The fourth-order valence-electron chi connectivity index (χ4n) is 5.62. The van der Waals surface area contributed by atoms with Crippen LogP contribution in [0, 0.1) is 6.92 Å². The van der Waals surface area contributed by atoms with E-state index in [1.54, 1.807) is 6.20 Å². The van der Waals surface area contributed by atoms with Crippen LogP contribution in [-0.4, -0.2) is 81.6 Å². The van der Waals surface area contributed by atoms with Crippen LogP contribution in [0.15, 0.2) is 48.8 Å². The normalized spacial score (nSPS) is 17.7. The van der Waals surface area contributed by atoms with Crippen LogP contribution in [0.4, 0.5) is 11.4 Å². The van der Waals surface area contributed by atoms with Gasteiger partial charge in [0.15, 0.2) is 5.65 Å². The molecule has 39 heavy (non-hydrogen) atoms. The lowest BCUT2D eigenvalue weighted by Gasteiger charge is -2.36. The van der Waals surface area contributed by atoms with Gasteiger partial charge in [-0.15, -0.1) is 0 Å². The molecule has 2 aliphatic heterocycles. The number of pyridine rings is 2. The third-order valence-electron chi connectivity index (χ3n) is 8.09. The van der Waals surface area contributed by atoms with Crippen molar-refractivity contribution in [3.8, 4) is 11.4 Å². The number of fused-ring (bicyclic) bond motifs is 1. The number of imidazole rings is 1. The second-order valence-electron chi connectivity index (χ2n) is 10.8. The topological polar surface area (TPSA) is 76.2 Å². The Morgan fingerprint density at radius 2 is 1.69 bits per heavy atom. The van der Waals surface area contributed by atoms with Crippen molar-refractivity contribution < 1.29 is 0 Å². The molecule has 0 aliphatic carbocycles. The van der Waals surface area contributed by atoms with Gasteiger partial charge in [-0.3, -0.25) is 9.88 Å². The van der Waals surface area contributed by atoms with Crippen molar-refractivity contribution in [1.29, 1.82) is 0 Å². The van der Waals surface area contributed by atoms with E-state index in [4.69, 9.17) is 16.6 Å². The zero-order valence-electron chi connectivity index (χ0n) is 22.8. The molecule has 0 bridgehead atoms. The lowest BCUT2D eigenvalue weighted by Crippen LogP contribution is -2.46. The van der Waals surface area contributed by atoms with Gasteiger partial charge in [0, 0.05) is 69.3 Å². The van der Waals surface area contributed by atoms with Crippen LogP contribution in [0.1, 0.15) is 31.0 Å². The summed E-state index contributed by atoms with van der Waals surface area (Å²) in [5, 5.41) is 4.30. The first-order valence-electron chi connectivity index (χ1n) is 14.1. The predicted molar refractivity (Wildman–Crippen MR) is 160 cm³/mol. The number of anilines is 2. The van der Waals surface area contributed by atoms with Gasteiger partial charge in [-0.2, -0.15) is 0 Å². The standard InChI is InChI=1S/C30H37ClN8/c1-3-37-12-10-23(11-13-37)34-27-26(31)19-33-30-28(27)35-29(36-30)22-5-8-25(9-6-22)39-16-14-38(15-17-39)20-24-7-4-21(2)18-32-24/h4-9,18-19,23H,3,10-17,20H2,1-2H3,(H2,33,34,35,36). The van der Waals surface area contributed by atoms with Crippen LogP contribution in [0.25, 0.3) is 22.6 Å². The fourth-order valence-corrected chi connectivity index (χ4v) is 5.81. The number of nitrogens with zero attached hydrogens (tertiary/aromatic N) is 6. The maximum atomic E-state index is 6.60. The SMILES string of the molecule is CCN1CCC(Nc2c(Cl)cnc3[nH]c(-c4ccc(N5CCN(Cc6ccc(C)cn6)CC5)cc4)nc23)CC1. The van der Waals surface area contributed by atoms with Gasteiger partial charge in [-0.05, 0) is 62.2 Å². The molecule has 5 heterocycles. The number of likely N-dealkylation sites (tertiary alicyclic amines) is 1. The van der Waals surface area contributed by atoms with Gasteiger partial charge in [-0.1, -0.05) is 24.6 Å². The Bertz CT molecular complexity index is 1390. The Balaban J connectivity index is 1.11. The number of aromatic nitrogens is 4. The van der Waals surface area contributed by atoms with Gasteiger partial charge in [0.05, 0.1) is 22.6 Å². The van der Waals surface area contributed by atoms with Gasteiger partial charge in [0.25, 0.3) is 0 Å². The molecule has 2 saturated heterocycles. The minimum absolute atomic E-state index is 0.393. The van der Waals surface area contributed by atoms with E-state index >= 15 is 0 Å². The Labute approximate surface area is 235 Å². The fraction of sp³-hybridized carbons (Fsp3) is 0.433. The first-order valence-corrected chi connectivity index (χ1v) is 14.5. The summed E-state index contributed by atoms with van der Waals surface area (Å²) in [5.41, 5.74) is 7.07. The molecule has 4 aromatic rings. The van der Waals surface area contributed by atoms with E-state index in [2.05, 4.69) is 85.2 Å². The number of nitrogens with one attached hydrogen (secondary N) is 2. The number of piperazine rings is 1. The minimum Gasteiger partial charge on any atom is -0.379 e. The Morgan fingerprint density at radius 1 is 0.923 bits per heavy atom. The van der Waals surface area contributed by atoms with Gasteiger partial charge in [0.1, 0.15) is 11.3 Å². The summed E-state index contributed by atoms with van der Waals surface area (Å²) in [6, 6.07) is 13.3. The quantitative estimate of drug-likeness (QED) is 0.331. The molecule has 0 saturated carbocycles. The molecule has 1 aromatic carbocycles. The number of hydrogen-bond donors (Lipinski definition) is 2. The molecule has 0 atom stereocenters. The number of aromatic amines is 1. The van der Waals surface area contributed by atoms with Crippen molar-refractivity contribution in [3.63, 3.8) is 0 Å². The molecule has 0 spiro atoms. The van der Waals surface area contributed by atoms with Gasteiger partial charge >= 0.3 is 0 Å². The van der Waals surface area contributed by atoms with Crippen molar-refractivity contribution in [2.24, 2.45) is 0 Å². The minimum atomic E-state index is 0.393. The molecule has 8 nitrogen and oxygen atoms in total. The summed E-state index contributed by atoms with van der Waals surface area (Å²) in [5.74, 6) is 0.811. The number of aryl methyl sites for hydroxylation is 1. The van der Waals surface area contributed by atoms with Gasteiger partial charge < -0.3 is 20.1 Å². The largest absolute Gasteiger partial charge is 0.379 e. The van der Waals surface area contributed by atoms with Crippen molar-refractivity contribution in [2.75, 3.05) is 56.0 Å². The van der Waals surface area contributed by atoms with Crippen molar-refractivity contribution in [3.05, 3.63) is 65.1 Å². The Morgan fingerprint density at radius 3 is 2.38 bits per heavy atom. The van der Waals surface area contributed by atoms with Crippen LogP contribution in [0.5, 0.6) is 0 Å². The molecule has 0 amide bonds. The van der Waals surface area contributed by atoms with E-state index in [0.29, 0.717) is 11.1 Å². The molecule has 9 heteroatoms. The molecule has 0 radical (unpaired) electrons. The number of piperidine rings is 1. The lowest BCUT2D eigenvalue weighted by atomic mass is 10.0. The maximum absolute atomic E-state index is 6.60. The van der Waals surface area contributed by atoms with E-state index < -0.39 is 0 Å². The van der Waals surface area contributed by atoms with E-state index in [1.165, 1.54) is 11.3 Å². The highest BCUT2D eigenvalue weighted by Crippen LogP contribution is 2.32. The Kier molecular flexibility index (Phi) is 7.68. The highest BCUT2D eigenvalue weighted by atomic mass is 35.5. The smallest absolute Gasteiger partial charge is 0.159 e. The molecular formula is C30H37ClN8. The lowest BCUT2D eigenvalue weighted by molar-refractivity contribution is 0.229. The number of rotatable bonds is 7. The average Bonchev–Trinajstić information content (AvgIpc) is 3.41. The zero-order chi connectivity index (χ0) is 26.8. The number of benzene rings is 1. The molecule has 3 aromatic heterocycles. The van der Waals surface area contributed by atoms with E-state index in [0.717, 1.165) is 99.1 Å². The summed E-state index contributed by atoms with van der Waals surface area (Å²) >= 11 is 6.60. The van der Waals surface area contributed by atoms with Gasteiger partial charge in [0.2, 0.25) is 0 Å². The summed E-state index contributed by atoms with van der Waals surface area (Å²) in [4.78, 5) is 24.9. The van der Waals surface area contributed by atoms with Crippen molar-refractivity contribution >= 4 is 34.1 Å². The molecule has 2 fully saturated rings. The molecular weight excluding hydrogens is 508 g/mol. The second kappa shape index (κ2) is 11.5. The Hall–Kier alpha value is -3.20. The number of halogens is 1. The second-order valence-corrected chi connectivity index (χ2v) is 11.2. The summed E-state index contributed by atoms with van der Waals surface area (Å²) < 4.78 is 0. The number of H-pyrrole nitrogens is 1. The summed E-state index contributed by atoms with van der Waals surface area (Å²) in [6.45, 7) is 12.6. The molecule has 6 rings (SSSR count). The van der Waals surface area contributed by atoms with E-state index in [-0.39, 0.29) is 0 Å². The van der Waals surface area contributed by atoms with Crippen LogP contribution in [0.2, 0.25) is 5.02 Å². The predicted octanol–water partition coefficient (Wildman–Crippen LogP) is 5.20. The zero-order valence-corrected chi connectivity index (χ0v) is 23.6. The maximum Gasteiger partial charge on any atom is 0.159 e. The first-order chi connectivity index (χ1) is 19.1. The molecule has 204 valence electrons.